The monoisotopic (exact) mass is 355 g/mol. The molecule has 1 saturated carbocycles. The summed E-state index contributed by atoms with van der Waals surface area (Å²) in [5.74, 6) is 1.03. The van der Waals surface area contributed by atoms with Crippen LogP contribution in [0.5, 0.6) is 5.75 Å². The van der Waals surface area contributed by atoms with Gasteiger partial charge >= 0.3 is 0 Å². The summed E-state index contributed by atoms with van der Waals surface area (Å²) in [6.07, 6.45) is 6.64. The Labute approximate surface area is 152 Å². The maximum atomic E-state index is 12.1. The van der Waals surface area contributed by atoms with Gasteiger partial charge in [0.1, 0.15) is 5.75 Å². The van der Waals surface area contributed by atoms with Gasteiger partial charge < -0.3 is 20.5 Å². The number of amides is 1. The van der Waals surface area contributed by atoms with Crippen molar-refractivity contribution in [2.75, 3.05) is 13.7 Å². The Morgan fingerprint density at radius 2 is 2.19 bits per heavy atom. The fraction of sp³-hybridized carbons (Fsp3) is 0.421. The number of methoxy groups -OCH3 is 1. The number of fused-ring (bicyclic) bond motifs is 1. The Hall–Kier alpha value is -2.67. The summed E-state index contributed by atoms with van der Waals surface area (Å²) in [5, 5.41) is 6.11. The SMILES string of the molecule is COc1cc2cc(CNC(=O)C3(C)CC3)[nH]c2cc1CCN1C=CNN1. The minimum atomic E-state index is -0.144. The third-order valence-electron chi connectivity index (χ3n) is 5.23. The van der Waals surface area contributed by atoms with Crippen LogP contribution in [0.1, 0.15) is 31.0 Å². The molecule has 7 nitrogen and oxygen atoms in total. The predicted molar refractivity (Wildman–Crippen MR) is 99.9 cm³/mol. The number of carbonyl (C=O) groups is 1. The van der Waals surface area contributed by atoms with Gasteiger partial charge in [0.25, 0.3) is 0 Å². The molecule has 0 spiro atoms. The molecule has 1 aromatic carbocycles. The number of nitrogens with one attached hydrogen (secondary N) is 4. The van der Waals surface area contributed by atoms with E-state index in [1.165, 1.54) is 0 Å². The Morgan fingerprint density at radius 3 is 2.88 bits per heavy atom. The number of benzene rings is 1. The zero-order valence-corrected chi connectivity index (χ0v) is 15.2. The zero-order chi connectivity index (χ0) is 18.1. The van der Waals surface area contributed by atoms with E-state index in [1.807, 2.05) is 24.3 Å². The number of hydrogen-bond donors (Lipinski definition) is 4. The molecule has 2 heterocycles. The third-order valence-corrected chi connectivity index (χ3v) is 5.23. The number of nitrogens with zero attached hydrogens (tertiary/aromatic N) is 1. The van der Waals surface area contributed by atoms with Crippen LogP contribution < -0.4 is 21.0 Å². The fourth-order valence-corrected chi connectivity index (χ4v) is 3.20. The van der Waals surface area contributed by atoms with Crippen LogP contribution in [0.4, 0.5) is 0 Å². The second-order valence-electron chi connectivity index (χ2n) is 7.30. The molecule has 2 aromatic rings. The minimum Gasteiger partial charge on any atom is -0.496 e. The van der Waals surface area contributed by atoms with Crippen molar-refractivity contribution in [2.45, 2.75) is 32.7 Å². The van der Waals surface area contributed by atoms with E-state index in [0.717, 1.165) is 53.7 Å². The molecular formula is C19H25N5O2. The van der Waals surface area contributed by atoms with Crippen molar-refractivity contribution in [1.82, 2.24) is 26.3 Å². The molecule has 1 aromatic heterocycles. The van der Waals surface area contributed by atoms with Gasteiger partial charge in [0.2, 0.25) is 5.91 Å². The van der Waals surface area contributed by atoms with Crippen LogP contribution in [0.15, 0.2) is 30.6 Å². The van der Waals surface area contributed by atoms with Gasteiger partial charge in [-0.1, -0.05) is 6.92 Å². The normalized spacial score (nSPS) is 17.4. The van der Waals surface area contributed by atoms with Gasteiger partial charge in [0.05, 0.1) is 13.7 Å². The lowest BCUT2D eigenvalue weighted by molar-refractivity contribution is -0.125. The number of H-pyrrole nitrogens is 1. The van der Waals surface area contributed by atoms with Crippen LogP contribution in [0.25, 0.3) is 10.9 Å². The number of ether oxygens (including phenoxy) is 1. The van der Waals surface area contributed by atoms with E-state index >= 15 is 0 Å². The molecule has 4 rings (SSSR count). The fourth-order valence-electron chi connectivity index (χ4n) is 3.20. The Kier molecular flexibility index (Phi) is 4.24. The van der Waals surface area contributed by atoms with E-state index in [1.54, 1.807) is 7.11 Å². The summed E-state index contributed by atoms with van der Waals surface area (Å²) in [6.45, 7) is 3.37. The number of aromatic amines is 1. The van der Waals surface area contributed by atoms with Gasteiger partial charge in [-0.05, 0) is 43.0 Å². The van der Waals surface area contributed by atoms with Crippen LogP contribution in [0.3, 0.4) is 0 Å². The smallest absolute Gasteiger partial charge is 0.226 e. The molecule has 1 amide bonds. The predicted octanol–water partition coefficient (Wildman–Crippen LogP) is 1.93. The summed E-state index contributed by atoms with van der Waals surface area (Å²) in [4.78, 5) is 15.5. The van der Waals surface area contributed by atoms with Gasteiger partial charge in [0, 0.05) is 41.0 Å². The molecular weight excluding hydrogens is 330 g/mol. The van der Waals surface area contributed by atoms with E-state index in [2.05, 4.69) is 39.5 Å². The highest BCUT2D eigenvalue weighted by Gasteiger charge is 2.44. The van der Waals surface area contributed by atoms with Crippen molar-refractivity contribution in [2.24, 2.45) is 5.41 Å². The lowest BCUT2D eigenvalue weighted by Gasteiger charge is -2.16. The molecule has 1 aliphatic carbocycles. The average Bonchev–Trinajstić information content (AvgIpc) is 3.06. The van der Waals surface area contributed by atoms with Crippen LogP contribution >= 0.6 is 0 Å². The van der Waals surface area contributed by atoms with E-state index < -0.39 is 0 Å². The maximum Gasteiger partial charge on any atom is 0.226 e. The summed E-state index contributed by atoms with van der Waals surface area (Å²) < 4.78 is 5.57. The Morgan fingerprint density at radius 1 is 1.35 bits per heavy atom. The largest absolute Gasteiger partial charge is 0.496 e. The topological polar surface area (TPSA) is 81.4 Å². The van der Waals surface area contributed by atoms with E-state index in [9.17, 15) is 4.79 Å². The Balaban J connectivity index is 1.47. The Bertz CT molecular complexity index is 853. The first-order chi connectivity index (χ1) is 12.6. The average molecular weight is 355 g/mol. The molecule has 0 unspecified atom stereocenters. The third kappa shape index (κ3) is 3.35. The first kappa shape index (κ1) is 16.8. The summed E-state index contributed by atoms with van der Waals surface area (Å²) >= 11 is 0. The lowest BCUT2D eigenvalue weighted by Crippen LogP contribution is -2.36. The lowest BCUT2D eigenvalue weighted by atomic mass is 10.1. The summed E-state index contributed by atoms with van der Waals surface area (Å²) in [7, 11) is 1.70. The molecule has 0 bridgehead atoms. The molecule has 7 heteroatoms. The molecule has 1 aliphatic heterocycles. The van der Waals surface area contributed by atoms with E-state index in [-0.39, 0.29) is 11.3 Å². The van der Waals surface area contributed by atoms with Crippen LogP contribution in [0, 0.1) is 5.41 Å². The summed E-state index contributed by atoms with van der Waals surface area (Å²) in [5.41, 5.74) is 9.03. The second-order valence-corrected chi connectivity index (χ2v) is 7.30. The number of rotatable bonds is 7. The first-order valence-corrected chi connectivity index (χ1v) is 8.99. The van der Waals surface area contributed by atoms with Crippen LogP contribution in [-0.4, -0.2) is 29.6 Å². The highest BCUT2D eigenvalue weighted by Crippen LogP contribution is 2.45. The number of hydrogen-bond acceptors (Lipinski definition) is 5. The molecule has 0 saturated heterocycles. The van der Waals surface area contributed by atoms with Gasteiger partial charge in [0.15, 0.2) is 0 Å². The van der Waals surface area contributed by atoms with Gasteiger partial charge in [-0.15, -0.1) is 5.53 Å². The molecule has 4 N–H and O–H groups in total. The highest BCUT2D eigenvalue weighted by molar-refractivity contribution is 5.85. The summed E-state index contributed by atoms with van der Waals surface area (Å²) in [6, 6.07) is 6.26. The van der Waals surface area contributed by atoms with Gasteiger partial charge in [-0.3, -0.25) is 9.80 Å². The van der Waals surface area contributed by atoms with Gasteiger partial charge in [-0.25, -0.2) is 0 Å². The standard InChI is InChI=1S/C19H25N5O2/c1-19(4-5-19)18(25)20-12-15-9-14-11-17(26-2)13(10-16(14)22-15)3-7-24-8-6-21-23-24/h6,8-11,21-23H,3-5,7,12H2,1-2H3,(H,20,25). The van der Waals surface area contributed by atoms with Crippen molar-refractivity contribution in [1.29, 1.82) is 0 Å². The molecule has 26 heavy (non-hydrogen) atoms. The van der Waals surface area contributed by atoms with Gasteiger partial charge in [-0.2, -0.15) is 0 Å². The molecule has 0 atom stereocenters. The number of carbonyl (C=O) groups excluding carboxylic acids is 1. The van der Waals surface area contributed by atoms with Crippen LogP contribution in [-0.2, 0) is 17.8 Å². The zero-order valence-electron chi connectivity index (χ0n) is 15.2. The van der Waals surface area contributed by atoms with Crippen LogP contribution in [0.2, 0.25) is 0 Å². The molecule has 138 valence electrons. The first-order valence-electron chi connectivity index (χ1n) is 8.99. The molecule has 1 fully saturated rings. The minimum absolute atomic E-state index is 0.144. The molecule has 0 radical (unpaired) electrons. The number of hydrazine groups is 2. The second kappa shape index (κ2) is 6.57. The molecule has 2 aliphatic rings. The van der Waals surface area contributed by atoms with Crippen molar-refractivity contribution in [3.8, 4) is 5.75 Å². The van der Waals surface area contributed by atoms with E-state index in [4.69, 9.17) is 4.74 Å². The van der Waals surface area contributed by atoms with Crippen molar-refractivity contribution in [3.63, 3.8) is 0 Å². The number of aromatic nitrogens is 1. The maximum absolute atomic E-state index is 12.1. The van der Waals surface area contributed by atoms with Crippen molar-refractivity contribution in [3.05, 3.63) is 41.9 Å². The quantitative estimate of drug-likeness (QED) is 0.610. The van der Waals surface area contributed by atoms with Crippen molar-refractivity contribution >= 4 is 16.8 Å². The highest BCUT2D eigenvalue weighted by atomic mass is 16.5. The van der Waals surface area contributed by atoms with Crippen molar-refractivity contribution < 1.29 is 9.53 Å². The van der Waals surface area contributed by atoms with E-state index in [0.29, 0.717) is 6.54 Å².